The molecule has 0 bridgehead atoms. The summed E-state index contributed by atoms with van der Waals surface area (Å²) in [7, 11) is 0. The van der Waals surface area contributed by atoms with Gasteiger partial charge in [0.05, 0.1) is 11.1 Å². The third-order valence-electron chi connectivity index (χ3n) is 6.61. The van der Waals surface area contributed by atoms with Crippen molar-refractivity contribution in [2.75, 3.05) is 10.6 Å². The van der Waals surface area contributed by atoms with Crippen molar-refractivity contribution in [1.29, 1.82) is 0 Å². The molecule has 2 unspecified atom stereocenters. The predicted molar refractivity (Wildman–Crippen MR) is 153 cm³/mol. The van der Waals surface area contributed by atoms with Crippen LogP contribution in [0, 0.1) is 0 Å². The molecule has 0 radical (unpaired) electrons. The number of para-hydroxylation sites is 2. The van der Waals surface area contributed by atoms with E-state index in [1.807, 2.05) is 24.3 Å². The van der Waals surface area contributed by atoms with Gasteiger partial charge in [-0.2, -0.15) is 0 Å². The minimum atomic E-state index is -0.832. The van der Waals surface area contributed by atoms with Crippen LogP contribution in [0.15, 0.2) is 89.9 Å². The van der Waals surface area contributed by atoms with Gasteiger partial charge in [0.1, 0.15) is 6.10 Å². The number of nitrogens with zero attached hydrogens (tertiary/aromatic N) is 1. The number of amides is 2. The monoisotopic (exact) mass is 553 g/mol. The first-order valence-corrected chi connectivity index (χ1v) is 12.8. The lowest BCUT2D eigenvalue weighted by Crippen LogP contribution is -2.33. The van der Waals surface area contributed by atoms with Crippen molar-refractivity contribution in [3.8, 4) is 23.0 Å². The maximum Gasteiger partial charge on any atom is 0.259 e. The first-order valence-electron chi connectivity index (χ1n) is 12.8. The zero-order valence-electron chi connectivity index (χ0n) is 21.9. The van der Waals surface area contributed by atoms with Crippen LogP contribution < -0.4 is 10.6 Å². The van der Waals surface area contributed by atoms with Gasteiger partial charge in [-0.25, -0.2) is 4.99 Å². The number of hydrogen-bond donors (Lipinski definition) is 6. The number of nitrogens with one attached hydrogen (secondary N) is 2. The summed E-state index contributed by atoms with van der Waals surface area (Å²) < 4.78 is 5.68. The Morgan fingerprint density at radius 3 is 1.95 bits per heavy atom. The van der Waals surface area contributed by atoms with Gasteiger partial charge < -0.3 is 35.8 Å². The van der Waals surface area contributed by atoms with Crippen LogP contribution in [-0.2, 0) is 16.0 Å². The third-order valence-corrected chi connectivity index (χ3v) is 6.61. The number of aromatic hydroxyl groups is 4. The molecule has 0 aromatic heterocycles. The van der Waals surface area contributed by atoms with Crippen molar-refractivity contribution in [1.82, 2.24) is 0 Å². The summed E-state index contributed by atoms with van der Waals surface area (Å²) in [5.41, 5.74) is 3.30. The lowest BCUT2D eigenvalue weighted by atomic mass is 10.0. The Bertz CT molecular complexity index is 1630. The molecule has 0 aliphatic carbocycles. The Labute approximate surface area is 235 Å². The van der Waals surface area contributed by atoms with E-state index < -0.39 is 23.8 Å². The number of phenolic OH excluding ortho intramolecular Hbond substituents is 4. The molecule has 2 amide bonds. The summed E-state index contributed by atoms with van der Waals surface area (Å²) >= 11 is 0. The molecular weight excluding hydrogens is 526 g/mol. The summed E-state index contributed by atoms with van der Waals surface area (Å²) in [5.74, 6) is -2.32. The highest BCUT2D eigenvalue weighted by molar-refractivity contribution is 6.06. The van der Waals surface area contributed by atoms with E-state index in [2.05, 4.69) is 15.6 Å². The van der Waals surface area contributed by atoms with Gasteiger partial charge in [0, 0.05) is 11.4 Å². The number of benzene rings is 4. The quantitative estimate of drug-likeness (QED) is 0.183. The fourth-order valence-electron chi connectivity index (χ4n) is 4.39. The van der Waals surface area contributed by atoms with E-state index in [4.69, 9.17) is 4.74 Å². The number of hydrogen-bond acceptors (Lipinski definition) is 8. The molecule has 1 aliphatic rings. The van der Waals surface area contributed by atoms with Crippen LogP contribution in [0.25, 0.3) is 0 Å². The molecule has 0 saturated heterocycles. The van der Waals surface area contributed by atoms with Crippen molar-refractivity contribution in [2.24, 2.45) is 4.99 Å². The van der Waals surface area contributed by atoms with Gasteiger partial charge in [-0.1, -0.05) is 36.4 Å². The lowest BCUT2D eigenvalue weighted by Gasteiger charge is -2.13. The molecule has 1 heterocycles. The fraction of sp³-hybridized carbons (Fsp3) is 0.129. The normalized spacial score (nSPS) is 16.0. The first kappa shape index (κ1) is 27.1. The average molecular weight is 554 g/mol. The fourth-order valence-corrected chi connectivity index (χ4v) is 4.39. The van der Waals surface area contributed by atoms with Crippen molar-refractivity contribution >= 4 is 29.1 Å². The van der Waals surface area contributed by atoms with Crippen LogP contribution in [0.3, 0.4) is 0 Å². The number of ether oxygens (including phenoxy) is 1. The number of carbonyl (C=O) groups excluding carboxylic acids is 2. The summed E-state index contributed by atoms with van der Waals surface area (Å²) in [6, 6.07) is 22.4. The van der Waals surface area contributed by atoms with Crippen LogP contribution in [0.5, 0.6) is 23.0 Å². The third kappa shape index (κ3) is 5.91. The Hall–Kier alpha value is -5.51. The molecule has 10 heteroatoms. The molecule has 10 nitrogen and oxygen atoms in total. The minimum absolute atomic E-state index is 0.0285. The highest BCUT2D eigenvalue weighted by atomic mass is 16.5. The maximum absolute atomic E-state index is 12.9. The van der Waals surface area contributed by atoms with Gasteiger partial charge in [0.25, 0.3) is 11.8 Å². The maximum atomic E-state index is 12.9. The molecule has 208 valence electrons. The molecule has 0 spiro atoms. The smallest absolute Gasteiger partial charge is 0.259 e. The Morgan fingerprint density at radius 1 is 0.756 bits per heavy atom. The van der Waals surface area contributed by atoms with E-state index >= 15 is 0 Å². The van der Waals surface area contributed by atoms with Gasteiger partial charge in [0.2, 0.25) is 5.90 Å². The van der Waals surface area contributed by atoms with Gasteiger partial charge >= 0.3 is 0 Å². The average Bonchev–Trinajstić information content (AvgIpc) is 3.35. The molecule has 0 fully saturated rings. The van der Waals surface area contributed by atoms with Crippen LogP contribution >= 0.6 is 0 Å². The van der Waals surface area contributed by atoms with E-state index in [-0.39, 0.29) is 40.2 Å². The topological polar surface area (TPSA) is 161 Å². The molecular formula is C31H27N3O7. The van der Waals surface area contributed by atoms with Crippen LogP contribution in [0.1, 0.15) is 34.0 Å². The summed E-state index contributed by atoms with van der Waals surface area (Å²) in [6.07, 6.45) is 0.0500. The molecule has 5 rings (SSSR count). The number of phenols is 4. The Balaban J connectivity index is 1.18. The molecule has 4 aromatic carbocycles. The van der Waals surface area contributed by atoms with Crippen LogP contribution in [0.4, 0.5) is 11.4 Å². The Morgan fingerprint density at radius 2 is 1.32 bits per heavy atom. The Kier molecular flexibility index (Phi) is 7.47. The predicted octanol–water partition coefficient (Wildman–Crippen LogP) is 4.52. The molecule has 4 aromatic rings. The molecule has 1 aliphatic heterocycles. The molecule has 6 N–H and O–H groups in total. The zero-order chi connectivity index (χ0) is 29.1. The van der Waals surface area contributed by atoms with Crippen molar-refractivity contribution in [3.63, 3.8) is 0 Å². The van der Waals surface area contributed by atoms with Gasteiger partial charge in [-0.3, -0.25) is 9.59 Å². The van der Waals surface area contributed by atoms with Crippen molar-refractivity contribution < 1.29 is 34.8 Å². The SMILES string of the molecule is CC1OC(c2cccc(O)c2O)=NC1C(=O)Nc1ccc(Cc2ccc(NC(=O)c3cccc(O)c3O)cc2)cc1. The summed E-state index contributed by atoms with van der Waals surface area (Å²) in [6.45, 7) is 1.71. The van der Waals surface area contributed by atoms with Crippen molar-refractivity contribution in [3.05, 3.63) is 107 Å². The second-order valence-corrected chi connectivity index (χ2v) is 9.56. The van der Waals surface area contributed by atoms with Gasteiger partial charge in [0.15, 0.2) is 29.0 Å². The van der Waals surface area contributed by atoms with Crippen molar-refractivity contribution in [2.45, 2.75) is 25.5 Å². The zero-order valence-corrected chi connectivity index (χ0v) is 21.9. The number of carbonyl (C=O) groups is 2. The number of anilines is 2. The van der Waals surface area contributed by atoms with E-state index in [0.29, 0.717) is 17.8 Å². The van der Waals surface area contributed by atoms with E-state index in [1.54, 1.807) is 43.3 Å². The van der Waals surface area contributed by atoms with Gasteiger partial charge in [-0.15, -0.1) is 0 Å². The standard InChI is InChI=1S/C31H27N3O7/c1-17-26(34-31(41-17)23-5-3-7-25(36)28(23)38)30(40)33-21-14-10-19(11-15-21)16-18-8-12-20(13-9-18)32-29(39)22-4-2-6-24(35)27(22)37/h2-15,17,26,35-38H,16H2,1H3,(H,32,39)(H,33,40). The molecule has 0 saturated carbocycles. The molecule has 41 heavy (non-hydrogen) atoms. The van der Waals surface area contributed by atoms with E-state index in [9.17, 15) is 30.0 Å². The van der Waals surface area contributed by atoms with E-state index in [1.165, 1.54) is 24.3 Å². The highest BCUT2D eigenvalue weighted by Gasteiger charge is 2.35. The lowest BCUT2D eigenvalue weighted by molar-refractivity contribution is -0.118. The molecule has 2 atom stereocenters. The second kappa shape index (κ2) is 11.3. The number of aliphatic imine (C=N–C) groups is 1. The largest absolute Gasteiger partial charge is 0.504 e. The second-order valence-electron chi connectivity index (χ2n) is 9.56. The summed E-state index contributed by atoms with van der Waals surface area (Å²) in [4.78, 5) is 29.7. The van der Waals surface area contributed by atoms with Gasteiger partial charge in [-0.05, 0) is 73.0 Å². The number of rotatable bonds is 7. The first-order chi connectivity index (χ1) is 19.7. The summed E-state index contributed by atoms with van der Waals surface area (Å²) in [5, 5.41) is 44.9. The van der Waals surface area contributed by atoms with Crippen LogP contribution in [-0.4, -0.2) is 50.3 Å². The highest BCUT2D eigenvalue weighted by Crippen LogP contribution is 2.32. The van der Waals surface area contributed by atoms with Crippen LogP contribution in [0.2, 0.25) is 0 Å². The minimum Gasteiger partial charge on any atom is -0.504 e. The van der Waals surface area contributed by atoms with E-state index in [0.717, 1.165) is 11.1 Å².